The van der Waals surface area contributed by atoms with E-state index in [2.05, 4.69) is 21.7 Å². The number of quaternary nitrogens is 1. The van der Waals surface area contributed by atoms with Crippen LogP contribution in [0.25, 0.3) is 0 Å². The number of allylic oxidation sites excluding steroid dienone is 2. The number of ether oxygens (including phenoxy) is 1. The van der Waals surface area contributed by atoms with Crippen molar-refractivity contribution in [1.82, 2.24) is 5.32 Å². The number of anilines is 1. The van der Waals surface area contributed by atoms with Gasteiger partial charge in [0, 0.05) is 40.2 Å². The molecular formula is C28H26N4O5. The second kappa shape index (κ2) is 10.6. The first-order chi connectivity index (χ1) is 17.7. The summed E-state index contributed by atoms with van der Waals surface area (Å²) in [4.78, 5) is 37.9. The molecule has 2 aromatic rings. The molecular weight excluding hydrogens is 472 g/mol. The molecule has 2 aliphatic heterocycles. The maximum Gasteiger partial charge on any atom is 0.338 e. The van der Waals surface area contributed by atoms with Crippen molar-refractivity contribution in [2.75, 3.05) is 12.4 Å². The molecule has 2 heterocycles. The van der Waals surface area contributed by atoms with Crippen molar-refractivity contribution in [2.24, 2.45) is 5.10 Å². The average molecular weight is 499 g/mol. The van der Waals surface area contributed by atoms with Crippen LogP contribution in [0.1, 0.15) is 49.3 Å². The van der Waals surface area contributed by atoms with E-state index in [1.165, 1.54) is 7.11 Å². The zero-order valence-corrected chi connectivity index (χ0v) is 20.7. The highest BCUT2D eigenvalue weighted by atomic mass is 16.5. The first-order valence-electron chi connectivity index (χ1n) is 11.6. The number of carbonyl (C=O) groups is 3. The number of terminal acetylenes is 1. The number of nitrogens with one attached hydrogen (secondary N) is 3. The van der Waals surface area contributed by atoms with Crippen LogP contribution in [0.5, 0.6) is 0 Å². The number of rotatable bonds is 5. The van der Waals surface area contributed by atoms with Crippen LogP contribution in [0.4, 0.5) is 5.69 Å². The van der Waals surface area contributed by atoms with E-state index >= 15 is 0 Å². The topological polar surface area (TPSA) is 124 Å². The van der Waals surface area contributed by atoms with Gasteiger partial charge >= 0.3 is 11.9 Å². The Bertz CT molecular complexity index is 1410. The lowest BCUT2D eigenvalue weighted by atomic mass is 9.79. The zero-order valence-electron chi connectivity index (χ0n) is 20.7. The molecule has 0 fully saturated rings. The van der Waals surface area contributed by atoms with Crippen LogP contribution < -0.4 is 15.8 Å². The van der Waals surface area contributed by atoms with E-state index in [9.17, 15) is 19.6 Å². The summed E-state index contributed by atoms with van der Waals surface area (Å²) in [6, 6.07) is 14.0. The summed E-state index contributed by atoms with van der Waals surface area (Å²) >= 11 is 0. The van der Waals surface area contributed by atoms with Gasteiger partial charge in [-0.3, -0.25) is 4.79 Å². The quantitative estimate of drug-likeness (QED) is 0.330. The summed E-state index contributed by atoms with van der Waals surface area (Å²) in [6.07, 6.45) is 6.12. The third-order valence-electron chi connectivity index (χ3n) is 6.34. The molecule has 2 aromatic carbocycles. The van der Waals surface area contributed by atoms with Crippen molar-refractivity contribution in [3.05, 3.63) is 93.0 Å². The highest BCUT2D eigenvalue weighted by molar-refractivity contribution is 6.09. The lowest BCUT2D eigenvalue weighted by Crippen LogP contribution is -3.06. The van der Waals surface area contributed by atoms with E-state index in [0.29, 0.717) is 57.1 Å². The van der Waals surface area contributed by atoms with E-state index < -0.39 is 28.9 Å². The van der Waals surface area contributed by atoms with Crippen molar-refractivity contribution in [3.8, 4) is 12.3 Å². The molecule has 188 valence electrons. The summed E-state index contributed by atoms with van der Waals surface area (Å²) in [5.74, 6) is 0.441. The van der Waals surface area contributed by atoms with Crippen LogP contribution in [-0.4, -0.2) is 30.6 Å². The van der Waals surface area contributed by atoms with Gasteiger partial charge in [-0.25, -0.2) is 9.59 Å². The van der Waals surface area contributed by atoms with Gasteiger partial charge in [0.1, 0.15) is 5.71 Å². The minimum absolute atomic E-state index is 0.133. The summed E-state index contributed by atoms with van der Waals surface area (Å²) in [7, 11) is 1.30. The molecule has 0 saturated carbocycles. The number of hydroxylamine groups is 1. The van der Waals surface area contributed by atoms with Crippen LogP contribution in [0.2, 0.25) is 0 Å². The maximum atomic E-state index is 13.6. The van der Waals surface area contributed by atoms with Gasteiger partial charge in [0.2, 0.25) is 0 Å². The molecule has 0 radical (unpaired) electrons. The smallest absolute Gasteiger partial charge is 0.338 e. The number of nitrogens with zero attached hydrogens (tertiary/aromatic N) is 1. The molecule has 2 amide bonds. The molecule has 3 N–H and O–H groups in total. The number of esters is 1. The van der Waals surface area contributed by atoms with Gasteiger partial charge in [-0.05, 0) is 43.7 Å². The SMILES string of the molecule is C#Cc1cccc(C2C(C(=O)Nc3ccc(C4=N[NH+]([O-])C(=O)CC4)cc3)=C(C)NC(C)=C2C(=O)OC)c1. The molecule has 9 nitrogen and oxygen atoms in total. The Balaban J connectivity index is 1.66. The molecule has 9 heteroatoms. The van der Waals surface area contributed by atoms with E-state index in [-0.39, 0.29) is 6.42 Å². The minimum Gasteiger partial charge on any atom is -0.599 e. The summed E-state index contributed by atoms with van der Waals surface area (Å²) in [5, 5.41) is 20.8. The van der Waals surface area contributed by atoms with Gasteiger partial charge in [0.25, 0.3) is 5.91 Å². The Morgan fingerprint density at radius 3 is 2.49 bits per heavy atom. The molecule has 0 saturated heterocycles. The van der Waals surface area contributed by atoms with E-state index in [1.54, 1.807) is 56.3 Å². The van der Waals surface area contributed by atoms with Gasteiger partial charge in [-0.2, -0.15) is 5.17 Å². The molecule has 0 aromatic heterocycles. The van der Waals surface area contributed by atoms with Crippen molar-refractivity contribution in [2.45, 2.75) is 32.6 Å². The Kier molecular flexibility index (Phi) is 7.34. The normalized spacial score (nSPS) is 19.5. The molecule has 0 bridgehead atoms. The largest absolute Gasteiger partial charge is 0.599 e. The standard InChI is InChI=1S/C28H26N4O5/c1-5-18-7-6-8-20(15-18)26-24(16(2)29-17(3)25(26)28(35)37-4)27(34)30-21-11-9-19(10-12-21)22-13-14-23(33)32(36)31-22/h1,6-12,15,26,29,32H,13-14H2,2-4H3,(H,30,34). The molecule has 37 heavy (non-hydrogen) atoms. The van der Waals surface area contributed by atoms with Gasteiger partial charge < -0.3 is 20.6 Å². The average Bonchev–Trinajstić information content (AvgIpc) is 2.89. The Labute approximate surface area is 214 Å². The maximum absolute atomic E-state index is 13.6. The third-order valence-corrected chi connectivity index (χ3v) is 6.34. The zero-order chi connectivity index (χ0) is 26.7. The molecule has 2 unspecified atom stereocenters. The number of hydrogen-bond donors (Lipinski definition) is 3. The fraction of sp³-hybridized carbons (Fsp3) is 0.214. The number of methoxy groups -OCH3 is 1. The number of hydrogen-bond acceptors (Lipinski definition) is 7. The predicted octanol–water partition coefficient (Wildman–Crippen LogP) is 2.12. The second-order valence-corrected chi connectivity index (χ2v) is 8.72. The second-order valence-electron chi connectivity index (χ2n) is 8.72. The van der Waals surface area contributed by atoms with Crippen molar-refractivity contribution in [1.29, 1.82) is 0 Å². The van der Waals surface area contributed by atoms with Gasteiger partial charge in [0.15, 0.2) is 0 Å². The molecule has 4 rings (SSSR count). The van der Waals surface area contributed by atoms with Gasteiger partial charge in [-0.15, -0.1) is 6.42 Å². The molecule has 0 spiro atoms. The molecule has 2 atom stereocenters. The van der Waals surface area contributed by atoms with Crippen LogP contribution in [-0.2, 0) is 19.1 Å². The first kappa shape index (κ1) is 25.6. The highest BCUT2D eigenvalue weighted by Gasteiger charge is 2.37. The summed E-state index contributed by atoms with van der Waals surface area (Å²) in [5.41, 5.74) is 4.90. The lowest BCUT2D eigenvalue weighted by Gasteiger charge is -2.31. The highest BCUT2D eigenvalue weighted by Crippen LogP contribution is 2.39. The van der Waals surface area contributed by atoms with Gasteiger partial charge in [0.05, 0.1) is 25.0 Å². The van der Waals surface area contributed by atoms with Crippen LogP contribution >= 0.6 is 0 Å². The molecule has 0 aliphatic carbocycles. The Morgan fingerprint density at radius 1 is 1.14 bits per heavy atom. The number of carbonyl (C=O) groups excluding carboxylic acids is 3. The number of benzene rings is 2. The predicted molar refractivity (Wildman–Crippen MR) is 138 cm³/mol. The third kappa shape index (κ3) is 5.21. The van der Waals surface area contributed by atoms with Crippen LogP contribution in [0.15, 0.2) is 76.2 Å². The summed E-state index contributed by atoms with van der Waals surface area (Å²) < 4.78 is 5.05. The van der Waals surface area contributed by atoms with Crippen molar-refractivity contribution >= 4 is 29.2 Å². The monoisotopic (exact) mass is 498 g/mol. The van der Waals surface area contributed by atoms with Gasteiger partial charge in [-0.1, -0.05) is 35.3 Å². The number of amides is 2. The fourth-order valence-corrected chi connectivity index (χ4v) is 4.55. The first-order valence-corrected chi connectivity index (χ1v) is 11.6. The molecule has 2 aliphatic rings. The fourth-order valence-electron chi connectivity index (χ4n) is 4.55. The van der Waals surface area contributed by atoms with Crippen molar-refractivity contribution in [3.63, 3.8) is 0 Å². The van der Waals surface area contributed by atoms with Crippen LogP contribution in [0, 0.1) is 17.6 Å². The minimum atomic E-state index is -0.740. The number of dihydropyridines is 1. The summed E-state index contributed by atoms with van der Waals surface area (Å²) in [6.45, 7) is 3.53. The lowest BCUT2D eigenvalue weighted by molar-refractivity contribution is -0.773. The van der Waals surface area contributed by atoms with E-state index in [4.69, 9.17) is 11.2 Å². The Morgan fingerprint density at radius 2 is 1.84 bits per heavy atom. The van der Waals surface area contributed by atoms with Crippen LogP contribution in [0.3, 0.4) is 0 Å². The van der Waals surface area contributed by atoms with E-state index in [0.717, 1.165) is 0 Å². The van der Waals surface area contributed by atoms with E-state index in [1.807, 2.05) is 6.07 Å². The van der Waals surface area contributed by atoms with Crippen molar-refractivity contribution < 1.29 is 24.3 Å². The Hall–Kier alpha value is -4.52.